The van der Waals surface area contributed by atoms with E-state index in [0.717, 1.165) is 26.2 Å². The van der Waals surface area contributed by atoms with Gasteiger partial charge in [-0.15, -0.1) is 0 Å². The van der Waals surface area contributed by atoms with Crippen LogP contribution in [0.5, 0.6) is 0 Å². The molecule has 2 aromatic rings. The minimum absolute atomic E-state index is 1.13. The van der Waals surface area contributed by atoms with Crippen molar-refractivity contribution in [3.8, 4) is 0 Å². The van der Waals surface area contributed by atoms with Gasteiger partial charge < -0.3 is 9.80 Å². The summed E-state index contributed by atoms with van der Waals surface area (Å²) in [5.74, 6) is 0. The molecule has 0 atom stereocenters. The third-order valence-electron chi connectivity index (χ3n) is 3.92. The smallest absolute Gasteiger partial charge is 0.0476 e. The number of benzene rings is 2. The summed E-state index contributed by atoms with van der Waals surface area (Å²) < 4.78 is 0. The summed E-state index contributed by atoms with van der Waals surface area (Å²) in [6.07, 6.45) is 0. The molecule has 18 heavy (non-hydrogen) atoms. The molecule has 94 valence electrons. The fourth-order valence-electron chi connectivity index (χ4n) is 2.81. The number of piperazine rings is 1. The van der Waals surface area contributed by atoms with Crippen molar-refractivity contribution in [2.75, 3.05) is 38.1 Å². The Balaban J connectivity index is 2.07. The predicted molar refractivity (Wildman–Crippen MR) is 78.4 cm³/mol. The maximum absolute atomic E-state index is 2.54. The van der Waals surface area contributed by atoms with Crippen LogP contribution >= 0.6 is 0 Å². The Morgan fingerprint density at radius 1 is 0.889 bits per heavy atom. The van der Waals surface area contributed by atoms with Crippen LogP contribution in [0.25, 0.3) is 10.8 Å². The second-order valence-corrected chi connectivity index (χ2v) is 5.24. The highest BCUT2D eigenvalue weighted by molar-refractivity contribution is 5.96. The highest BCUT2D eigenvalue weighted by atomic mass is 15.2. The first-order valence-electron chi connectivity index (χ1n) is 6.67. The van der Waals surface area contributed by atoms with Crippen LogP contribution in [0, 0.1) is 6.92 Å². The molecule has 0 spiro atoms. The van der Waals surface area contributed by atoms with E-state index in [2.05, 4.69) is 60.2 Å². The summed E-state index contributed by atoms with van der Waals surface area (Å²) in [7, 11) is 2.20. The molecule has 1 aliphatic rings. The van der Waals surface area contributed by atoms with E-state index in [1.54, 1.807) is 0 Å². The van der Waals surface area contributed by atoms with Crippen LogP contribution < -0.4 is 4.90 Å². The summed E-state index contributed by atoms with van der Waals surface area (Å²) in [4.78, 5) is 4.94. The Morgan fingerprint density at radius 2 is 1.61 bits per heavy atom. The number of fused-ring (bicyclic) bond motifs is 1. The molecule has 1 aliphatic heterocycles. The third kappa shape index (κ3) is 1.97. The van der Waals surface area contributed by atoms with E-state index in [-0.39, 0.29) is 0 Å². The molecule has 3 rings (SSSR count). The summed E-state index contributed by atoms with van der Waals surface area (Å²) in [5.41, 5.74) is 2.82. The minimum Gasteiger partial charge on any atom is -0.368 e. The lowest BCUT2D eigenvalue weighted by Crippen LogP contribution is -2.44. The zero-order chi connectivity index (χ0) is 12.5. The summed E-state index contributed by atoms with van der Waals surface area (Å²) >= 11 is 0. The highest BCUT2D eigenvalue weighted by Crippen LogP contribution is 2.31. The van der Waals surface area contributed by atoms with Crippen LogP contribution in [0.2, 0.25) is 0 Å². The fourth-order valence-corrected chi connectivity index (χ4v) is 2.81. The SMILES string of the molecule is Cc1ccc2ccccc2c1N1CCN(C)CC1. The predicted octanol–water partition coefficient (Wildman–Crippen LogP) is 2.90. The molecule has 2 heteroatoms. The molecule has 1 saturated heterocycles. The van der Waals surface area contributed by atoms with Gasteiger partial charge in [0.1, 0.15) is 0 Å². The van der Waals surface area contributed by atoms with Crippen LogP contribution in [-0.4, -0.2) is 38.1 Å². The van der Waals surface area contributed by atoms with Crippen molar-refractivity contribution < 1.29 is 0 Å². The summed E-state index contributed by atoms with van der Waals surface area (Å²) in [6, 6.07) is 13.2. The van der Waals surface area contributed by atoms with Crippen molar-refractivity contribution in [1.82, 2.24) is 4.90 Å². The van der Waals surface area contributed by atoms with E-state index in [4.69, 9.17) is 0 Å². The molecular weight excluding hydrogens is 220 g/mol. The second-order valence-electron chi connectivity index (χ2n) is 5.24. The Bertz CT molecular complexity index is 554. The number of hydrogen-bond donors (Lipinski definition) is 0. The van der Waals surface area contributed by atoms with Gasteiger partial charge >= 0.3 is 0 Å². The average molecular weight is 240 g/mol. The van der Waals surface area contributed by atoms with Gasteiger partial charge in [-0.2, -0.15) is 0 Å². The van der Waals surface area contributed by atoms with E-state index in [9.17, 15) is 0 Å². The number of nitrogens with zero attached hydrogens (tertiary/aromatic N) is 2. The third-order valence-corrected chi connectivity index (χ3v) is 3.92. The van der Waals surface area contributed by atoms with E-state index in [0.29, 0.717) is 0 Å². The van der Waals surface area contributed by atoms with Crippen LogP contribution in [0.4, 0.5) is 5.69 Å². The molecular formula is C16H20N2. The molecule has 0 radical (unpaired) electrons. The number of rotatable bonds is 1. The van der Waals surface area contributed by atoms with E-state index in [1.165, 1.54) is 22.0 Å². The summed E-state index contributed by atoms with van der Waals surface area (Å²) in [6.45, 7) is 6.79. The molecule has 0 saturated carbocycles. The van der Waals surface area contributed by atoms with Gasteiger partial charge in [-0.3, -0.25) is 0 Å². The molecule has 0 N–H and O–H groups in total. The van der Waals surface area contributed by atoms with Gasteiger partial charge in [-0.25, -0.2) is 0 Å². The number of likely N-dealkylation sites (N-methyl/N-ethyl adjacent to an activating group) is 1. The molecule has 0 amide bonds. The topological polar surface area (TPSA) is 6.48 Å². The Kier molecular flexibility index (Phi) is 2.96. The Morgan fingerprint density at radius 3 is 2.39 bits per heavy atom. The van der Waals surface area contributed by atoms with Crippen molar-refractivity contribution in [3.05, 3.63) is 42.0 Å². The van der Waals surface area contributed by atoms with Crippen LogP contribution in [0.15, 0.2) is 36.4 Å². The van der Waals surface area contributed by atoms with Gasteiger partial charge in [0.25, 0.3) is 0 Å². The van der Waals surface area contributed by atoms with Crippen LogP contribution in [0.3, 0.4) is 0 Å². The summed E-state index contributed by atoms with van der Waals surface area (Å²) in [5, 5.41) is 2.74. The maximum Gasteiger partial charge on any atom is 0.0476 e. The van der Waals surface area contributed by atoms with Crippen molar-refractivity contribution >= 4 is 16.5 Å². The molecule has 1 fully saturated rings. The molecule has 2 nitrogen and oxygen atoms in total. The molecule has 0 bridgehead atoms. The second kappa shape index (κ2) is 4.62. The number of anilines is 1. The average Bonchev–Trinajstić information content (AvgIpc) is 2.40. The van der Waals surface area contributed by atoms with Gasteiger partial charge in [0.15, 0.2) is 0 Å². The largest absolute Gasteiger partial charge is 0.368 e. The van der Waals surface area contributed by atoms with Gasteiger partial charge in [0.2, 0.25) is 0 Å². The van der Waals surface area contributed by atoms with E-state index in [1.807, 2.05) is 0 Å². The maximum atomic E-state index is 2.54. The van der Waals surface area contributed by atoms with Crippen LogP contribution in [0.1, 0.15) is 5.56 Å². The van der Waals surface area contributed by atoms with Crippen molar-refractivity contribution in [1.29, 1.82) is 0 Å². The molecule has 2 aromatic carbocycles. The lowest BCUT2D eigenvalue weighted by molar-refractivity contribution is 0.313. The quantitative estimate of drug-likeness (QED) is 0.756. The van der Waals surface area contributed by atoms with Crippen molar-refractivity contribution in [2.24, 2.45) is 0 Å². The van der Waals surface area contributed by atoms with E-state index >= 15 is 0 Å². The first-order valence-corrected chi connectivity index (χ1v) is 6.67. The fraction of sp³-hybridized carbons (Fsp3) is 0.375. The first kappa shape index (κ1) is 11.5. The highest BCUT2D eigenvalue weighted by Gasteiger charge is 2.17. The molecule has 1 heterocycles. The minimum atomic E-state index is 1.13. The molecule has 0 unspecified atom stereocenters. The van der Waals surface area contributed by atoms with Gasteiger partial charge in [-0.1, -0.05) is 36.4 Å². The first-order chi connectivity index (χ1) is 8.75. The zero-order valence-electron chi connectivity index (χ0n) is 11.2. The standard InChI is InChI=1S/C16H20N2/c1-13-7-8-14-5-3-4-6-15(14)16(13)18-11-9-17(2)10-12-18/h3-8H,9-12H2,1-2H3. The van der Waals surface area contributed by atoms with Gasteiger partial charge in [0, 0.05) is 37.3 Å². The molecule has 0 aliphatic carbocycles. The zero-order valence-corrected chi connectivity index (χ0v) is 11.2. The van der Waals surface area contributed by atoms with Gasteiger partial charge in [-0.05, 0) is 24.9 Å². The number of hydrogen-bond acceptors (Lipinski definition) is 2. The lowest BCUT2D eigenvalue weighted by atomic mass is 10.0. The van der Waals surface area contributed by atoms with E-state index < -0.39 is 0 Å². The number of aryl methyl sites for hydroxylation is 1. The van der Waals surface area contributed by atoms with Gasteiger partial charge in [0.05, 0.1) is 0 Å². The van der Waals surface area contributed by atoms with Crippen molar-refractivity contribution in [3.63, 3.8) is 0 Å². The Hall–Kier alpha value is -1.54. The van der Waals surface area contributed by atoms with Crippen LogP contribution in [-0.2, 0) is 0 Å². The lowest BCUT2D eigenvalue weighted by Gasteiger charge is -2.35. The normalized spacial score (nSPS) is 17.3. The van der Waals surface area contributed by atoms with Crippen molar-refractivity contribution in [2.45, 2.75) is 6.92 Å². The Labute approximate surface area is 109 Å². The molecule has 0 aromatic heterocycles. The monoisotopic (exact) mass is 240 g/mol.